The van der Waals surface area contributed by atoms with Gasteiger partial charge in [-0.25, -0.2) is 19.2 Å². The number of nitrogens with one attached hydrogen (secondary N) is 1. The van der Waals surface area contributed by atoms with Crippen molar-refractivity contribution < 1.29 is 39.0 Å². The highest BCUT2D eigenvalue weighted by Crippen LogP contribution is 2.28. The van der Waals surface area contributed by atoms with E-state index in [4.69, 9.17) is 14.7 Å². The van der Waals surface area contributed by atoms with Gasteiger partial charge < -0.3 is 19.7 Å². The van der Waals surface area contributed by atoms with Gasteiger partial charge in [0.1, 0.15) is 18.8 Å². The minimum absolute atomic E-state index is 0.0175. The van der Waals surface area contributed by atoms with Crippen LogP contribution in [-0.4, -0.2) is 54.3 Å². The molecule has 1 aliphatic rings. The summed E-state index contributed by atoms with van der Waals surface area (Å²) >= 11 is 0.869. The van der Waals surface area contributed by atoms with Gasteiger partial charge in [-0.2, -0.15) is 4.98 Å². The Balaban J connectivity index is 1.66. The zero-order chi connectivity index (χ0) is 21.3. The summed E-state index contributed by atoms with van der Waals surface area (Å²) in [5.74, 6) is -1.81. The van der Waals surface area contributed by atoms with E-state index in [2.05, 4.69) is 4.98 Å². The second-order valence-corrected chi connectivity index (χ2v) is 7.20. The lowest BCUT2D eigenvalue weighted by Crippen LogP contribution is -2.36. The van der Waals surface area contributed by atoms with Crippen LogP contribution in [0.4, 0.5) is 20.0 Å². The second-order valence-electron chi connectivity index (χ2n) is 6.05. The molecular formula is C15H16FN4O8S+. The van der Waals surface area contributed by atoms with Crippen molar-refractivity contribution in [2.75, 3.05) is 5.32 Å². The Morgan fingerprint density at radius 1 is 1.45 bits per heavy atom. The van der Waals surface area contributed by atoms with Crippen molar-refractivity contribution in [3.05, 3.63) is 44.4 Å². The van der Waals surface area contributed by atoms with Gasteiger partial charge in [0.2, 0.25) is 0 Å². The van der Waals surface area contributed by atoms with Crippen LogP contribution in [0.2, 0.25) is 0 Å². The van der Waals surface area contributed by atoms with E-state index < -0.39 is 48.0 Å². The number of carbonyl (C=O) groups excluding carboxylic acids is 1. The Morgan fingerprint density at radius 2 is 2.17 bits per heavy atom. The molecule has 1 aliphatic heterocycles. The summed E-state index contributed by atoms with van der Waals surface area (Å²) in [4.78, 5) is 38.1. The lowest BCUT2D eigenvalue weighted by molar-refractivity contribution is -0.727. The number of aliphatic hydroxyl groups is 2. The third kappa shape index (κ3) is 4.40. The number of aliphatic hydroxyl groups excluding tert-OH is 2. The minimum Gasteiger partial charge on any atom is -0.444 e. The highest BCUT2D eigenvalue weighted by molar-refractivity contribution is 7.15. The van der Waals surface area contributed by atoms with Crippen molar-refractivity contribution >= 4 is 28.2 Å². The molecule has 4 N–H and O–H groups in total. The molecule has 0 aromatic carbocycles. The molecule has 0 unspecified atom stereocenters. The highest BCUT2D eigenvalue weighted by Gasteiger charge is 2.42. The number of hydrogen-bond acceptors (Lipinski definition) is 9. The highest BCUT2D eigenvalue weighted by atomic mass is 32.1. The first-order valence-electron chi connectivity index (χ1n) is 8.16. The Morgan fingerprint density at radius 3 is 2.76 bits per heavy atom. The maximum absolute atomic E-state index is 14.3. The molecule has 12 nitrogen and oxygen atoms in total. The summed E-state index contributed by atoms with van der Waals surface area (Å²) in [6, 6.07) is 2.75. The molecule has 0 spiro atoms. The van der Waals surface area contributed by atoms with E-state index in [0.29, 0.717) is 15.6 Å². The molecule has 29 heavy (non-hydrogen) atoms. The van der Waals surface area contributed by atoms with E-state index in [0.717, 1.165) is 11.3 Å². The Labute approximate surface area is 165 Å². The fourth-order valence-corrected chi connectivity index (χ4v) is 3.33. The predicted octanol–water partition coefficient (Wildman–Crippen LogP) is 0.631. The number of anilines is 1. The van der Waals surface area contributed by atoms with Crippen LogP contribution in [0.5, 0.6) is 0 Å². The number of rotatable bonds is 5. The van der Waals surface area contributed by atoms with E-state index in [1.54, 1.807) is 0 Å². The third-order valence-corrected chi connectivity index (χ3v) is 5.08. The van der Waals surface area contributed by atoms with Crippen LogP contribution in [-0.2, 0) is 16.1 Å². The molecule has 1 amide bonds. The largest absolute Gasteiger partial charge is 0.444 e. The molecule has 2 aromatic rings. The molecule has 2 aromatic heterocycles. The molecule has 4 atom stereocenters. The molecule has 3 rings (SSSR count). The third-order valence-electron chi connectivity index (χ3n) is 4.06. The van der Waals surface area contributed by atoms with E-state index >= 15 is 0 Å². The summed E-state index contributed by atoms with van der Waals surface area (Å²) in [6.07, 6.45) is -5.29. The molecular weight excluding hydrogens is 415 g/mol. The lowest BCUT2D eigenvalue weighted by atomic mass is 10.1. The van der Waals surface area contributed by atoms with Gasteiger partial charge in [0.25, 0.3) is 4.92 Å². The second kappa shape index (κ2) is 8.20. The summed E-state index contributed by atoms with van der Waals surface area (Å²) in [7, 11) is 0. The molecule has 156 valence electrons. The van der Waals surface area contributed by atoms with Gasteiger partial charge in [0.05, 0.1) is 17.2 Å². The van der Waals surface area contributed by atoms with Crippen LogP contribution in [0.25, 0.3) is 0 Å². The molecule has 0 bridgehead atoms. The number of amides is 1. The van der Waals surface area contributed by atoms with Gasteiger partial charge in [-0.3, -0.25) is 9.88 Å². The normalized spacial score (nSPS) is 23.7. The van der Waals surface area contributed by atoms with E-state index in [-0.39, 0.29) is 16.5 Å². The smallest absolute Gasteiger partial charge is 0.413 e. The van der Waals surface area contributed by atoms with E-state index in [9.17, 15) is 29.1 Å². The SMILES string of the molecule is C[C@H]1O[C@@H](n2cc(F)c(NC(=O)OCc3ccc([N+](=O)O)s3)nc2=O)[C@H](O)[C@@H]1O. The maximum atomic E-state index is 14.3. The Hall–Kier alpha value is -2.94. The topological polar surface area (TPSA) is 163 Å². The van der Waals surface area contributed by atoms with Gasteiger partial charge in [-0.15, -0.1) is 0 Å². The van der Waals surface area contributed by atoms with Crippen LogP contribution in [0.15, 0.2) is 23.1 Å². The number of ether oxygens (including phenoxy) is 2. The zero-order valence-electron chi connectivity index (χ0n) is 14.8. The quantitative estimate of drug-likeness (QED) is 0.497. The Kier molecular flexibility index (Phi) is 5.88. The number of aromatic nitrogens is 2. The van der Waals surface area contributed by atoms with Crippen LogP contribution < -0.4 is 11.0 Å². The first kappa shape index (κ1) is 20.8. The summed E-state index contributed by atoms with van der Waals surface area (Å²) in [5, 5.41) is 30.3. The minimum atomic E-state index is -1.47. The first-order valence-corrected chi connectivity index (χ1v) is 8.98. The zero-order valence-corrected chi connectivity index (χ0v) is 15.6. The van der Waals surface area contributed by atoms with Gasteiger partial charge in [0.15, 0.2) is 17.9 Å². The number of carbonyl (C=O) groups is 1. The monoisotopic (exact) mass is 431 g/mol. The van der Waals surface area contributed by atoms with Crippen molar-refractivity contribution in [1.29, 1.82) is 0 Å². The molecule has 1 saturated heterocycles. The fraction of sp³-hybridized carbons (Fsp3) is 0.400. The number of nitrogens with zero attached hydrogens (tertiary/aromatic N) is 3. The fourth-order valence-electron chi connectivity index (χ4n) is 2.59. The number of hydrogen-bond donors (Lipinski definition) is 4. The average molecular weight is 431 g/mol. The standard InChI is InChI=1S/C15H15FN4O8S/c1-6-10(21)11(22)13(28-6)19-4-8(16)12(17-14(19)23)18-15(24)27-5-7-2-3-9(29-7)20(25)26/h2-4,6,10-11,13,21-22H,5H2,1H3,(H-,17,18,23,24,25,26)/p+1/t6-,10-,11-,13-/m1/s1. The van der Waals surface area contributed by atoms with Gasteiger partial charge >= 0.3 is 16.8 Å². The summed E-state index contributed by atoms with van der Waals surface area (Å²) in [6.45, 7) is 1.20. The van der Waals surface area contributed by atoms with Crippen LogP contribution in [0.3, 0.4) is 0 Å². The van der Waals surface area contributed by atoms with Gasteiger partial charge in [-0.1, -0.05) is 11.3 Å². The average Bonchev–Trinajstić information content (AvgIpc) is 3.24. The van der Waals surface area contributed by atoms with Crippen molar-refractivity contribution in [3.8, 4) is 0 Å². The van der Waals surface area contributed by atoms with Crippen molar-refractivity contribution in [2.45, 2.75) is 38.1 Å². The first-order chi connectivity index (χ1) is 13.7. The van der Waals surface area contributed by atoms with Crippen LogP contribution in [0, 0.1) is 10.7 Å². The molecule has 0 saturated carbocycles. The molecule has 1 fully saturated rings. The summed E-state index contributed by atoms with van der Waals surface area (Å²) < 4.78 is 25.0. The van der Waals surface area contributed by atoms with Crippen molar-refractivity contribution in [2.24, 2.45) is 0 Å². The molecule has 14 heteroatoms. The summed E-state index contributed by atoms with van der Waals surface area (Å²) in [5.41, 5.74) is -1.03. The van der Waals surface area contributed by atoms with E-state index in [1.165, 1.54) is 19.1 Å². The van der Waals surface area contributed by atoms with Crippen LogP contribution in [0.1, 0.15) is 18.0 Å². The molecule has 3 heterocycles. The predicted molar refractivity (Wildman–Crippen MR) is 93.3 cm³/mol. The maximum Gasteiger partial charge on any atom is 0.413 e. The van der Waals surface area contributed by atoms with E-state index in [1.807, 2.05) is 5.32 Å². The molecule has 0 radical (unpaired) electrons. The van der Waals surface area contributed by atoms with Gasteiger partial charge in [-0.05, 0) is 13.0 Å². The van der Waals surface area contributed by atoms with Crippen molar-refractivity contribution in [1.82, 2.24) is 9.55 Å². The number of halogens is 1. The molecule has 0 aliphatic carbocycles. The van der Waals surface area contributed by atoms with Crippen molar-refractivity contribution in [3.63, 3.8) is 0 Å². The van der Waals surface area contributed by atoms with Crippen LogP contribution >= 0.6 is 11.3 Å². The lowest BCUT2D eigenvalue weighted by Gasteiger charge is -2.17. The Bertz CT molecular complexity index is 995. The van der Waals surface area contributed by atoms with Gasteiger partial charge in [0, 0.05) is 10.9 Å². The number of thiophene rings is 1.